The van der Waals surface area contributed by atoms with E-state index in [4.69, 9.17) is 0 Å². The largest absolute Gasteiger partial charge is 0.375 e. The van der Waals surface area contributed by atoms with Gasteiger partial charge in [-0.3, -0.25) is 0 Å². The van der Waals surface area contributed by atoms with Crippen LogP contribution in [-0.4, -0.2) is 18.5 Å². The molecule has 0 bridgehead atoms. The summed E-state index contributed by atoms with van der Waals surface area (Å²) in [5, 5.41) is 0. The van der Waals surface area contributed by atoms with Crippen LogP contribution < -0.4 is 0 Å². The van der Waals surface area contributed by atoms with E-state index >= 15 is 0 Å². The lowest BCUT2D eigenvalue weighted by molar-refractivity contribution is 0.379. The van der Waals surface area contributed by atoms with Crippen LogP contribution in [0.5, 0.6) is 0 Å². The van der Waals surface area contributed by atoms with E-state index < -0.39 is 0 Å². The average molecular weight is 149 g/mol. The fourth-order valence-electron chi connectivity index (χ4n) is 1.97. The molecule has 1 saturated heterocycles. The summed E-state index contributed by atoms with van der Waals surface area (Å²) >= 11 is 0. The summed E-state index contributed by atoms with van der Waals surface area (Å²) in [7, 11) is 2.20. The molecule has 1 heteroatoms. The quantitative estimate of drug-likeness (QED) is 0.511. The molecule has 1 heterocycles. The predicted molar refractivity (Wildman–Crippen MR) is 47.3 cm³/mol. The average Bonchev–Trinajstić information content (AvgIpc) is 2.06. The lowest BCUT2D eigenvalue weighted by Gasteiger charge is -2.31. The highest BCUT2D eigenvalue weighted by molar-refractivity contribution is 5.33. The fraction of sp³-hybridized carbons (Fsp3) is 0.600. The van der Waals surface area contributed by atoms with Crippen LogP contribution in [0.3, 0.4) is 0 Å². The molecule has 0 aromatic rings. The number of piperidine rings is 1. The van der Waals surface area contributed by atoms with Crippen LogP contribution in [0.4, 0.5) is 0 Å². The van der Waals surface area contributed by atoms with Gasteiger partial charge in [-0.05, 0) is 31.3 Å². The first-order valence-electron chi connectivity index (χ1n) is 4.48. The van der Waals surface area contributed by atoms with Crippen molar-refractivity contribution in [3.63, 3.8) is 0 Å². The smallest absolute Gasteiger partial charge is 0.0352 e. The zero-order valence-corrected chi connectivity index (χ0v) is 7.14. The fourth-order valence-corrected chi connectivity index (χ4v) is 1.97. The Morgan fingerprint density at radius 3 is 2.91 bits per heavy atom. The van der Waals surface area contributed by atoms with E-state index in [9.17, 15) is 0 Å². The van der Waals surface area contributed by atoms with E-state index in [1.165, 1.54) is 37.9 Å². The van der Waals surface area contributed by atoms with Crippen molar-refractivity contribution in [1.29, 1.82) is 0 Å². The normalized spacial score (nSPS) is 23.9. The molecule has 0 atom stereocenters. The van der Waals surface area contributed by atoms with Gasteiger partial charge in [0.15, 0.2) is 0 Å². The highest BCUT2D eigenvalue weighted by atomic mass is 15.1. The Hall–Kier alpha value is -0.720. The van der Waals surface area contributed by atoms with Crippen molar-refractivity contribution < 1.29 is 0 Å². The summed E-state index contributed by atoms with van der Waals surface area (Å²) in [6.07, 6.45) is 9.92. The molecule has 11 heavy (non-hydrogen) atoms. The number of hydrogen-bond acceptors (Lipinski definition) is 1. The molecule has 2 rings (SSSR count). The second-order valence-electron chi connectivity index (χ2n) is 3.42. The summed E-state index contributed by atoms with van der Waals surface area (Å²) < 4.78 is 0. The first-order valence-corrected chi connectivity index (χ1v) is 4.48. The molecule has 0 saturated carbocycles. The summed E-state index contributed by atoms with van der Waals surface area (Å²) in [6.45, 7) is 1.24. The molecule has 1 aliphatic carbocycles. The first kappa shape index (κ1) is 6.96. The monoisotopic (exact) mass is 149 g/mol. The second kappa shape index (κ2) is 2.72. The van der Waals surface area contributed by atoms with E-state index in [1.807, 2.05) is 0 Å². The molecule has 1 aliphatic heterocycles. The SMILES string of the molecule is CN1CCCC2=CCCC=C21. The predicted octanol–water partition coefficient (Wildman–Crippen LogP) is 2.32. The molecule has 0 aromatic carbocycles. The van der Waals surface area contributed by atoms with Gasteiger partial charge in [-0.15, -0.1) is 0 Å². The van der Waals surface area contributed by atoms with E-state index in [-0.39, 0.29) is 0 Å². The summed E-state index contributed by atoms with van der Waals surface area (Å²) in [4.78, 5) is 2.38. The maximum absolute atomic E-state index is 2.41. The number of nitrogens with zero attached hydrogens (tertiary/aromatic N) is 1. The molecule has 0 aromatic heterocycles. The van der Waals surface area contributed by atoms with Gasteiger partial charge in [0.05, 0.1) is 0 Å². The zero-order chi connectivity index (χ0) is 7.68. The summed E-state index contributed by atoms with van der Waals surface area (Å²) in [5.74, 6) is 0. The minimum absolute atomic E-state index is 1.24. The standard InChI is InChI=1S/C10H15N/c1-11-8-4-6-9-5-2-3-7-10(9)11/h5,7H,2-4,6,8H2,1H3. The lowest BCUT2D eigenvalue weighted by Crippen LogP contribution is -2.25. The highest BCUT2D eigenvalue weighted by Gasteiger charge is 2.16. The van der Waals surface area contributed by atoms with Crippen molar-refractivity contribution in [3.05, 3.63) is 23.4 Å². The van der Waals surface area contributed by atoms with Crippen LogP contribution in [0.25, 0.3) is 0 Å². The van der Waals surface area contributed by atoms with Gasteiger partial charge in [-0.1, -0.05) is 12.2 Å². The molecule has 2 aliphatic rings. The van der Waals surface area contributed by atoms with Gasteiger partial charge >= 0.3 is 0 Å². The molecular weight excluding hydrogens is 134 g/mol. The third-order valence-corrected chi connectivity index (χ3v) is 2.57. The molecule has 60 valence electrons. The molecule has 0 N–H and O–H groups in total. The van der Waals surface area contributed by atoms with Crippen molar-refractivity contribution >= 4 is 0 Å². The molecule has 0 spiro atoms. The number of allylic oxidation sites excluding steroid dienone is 3. The van der Waals surface area contributed by atoms with E-state index in [2.05, 4.69) is 24.1 Å². The molecular formula is C10H15N. The summed E-state index contributed by atoms with van der Waals surface area (Å²) in [6, 6.07) is 0. The molecule has 0 radical (unpaired) electrons. The van der Waals surface area contributed by atoms with E-state index in [0.29, 0.717) is 0 Å². The van der Waals surface area contributed by atoms with Gasteiger partial charge in [0, 0.05) is 19.3 Å². The topological polar surface area (TPSA) is 3.24 Å². The van der Waals surface area contributed by atoms with E-state index in [1.54, 1.807) is 5.57 Å². The Bertz CT molecular complexity index is 213. The van der Waals surface area contributed by atoms with Crippen LogP contribution >= 0.6 is 0 Å². The van der Waals surface area contributed by atoms with Crippen LogP contribution in [-0.2, 0) is 0 Å². The highest BCUT2D eigenvalue weighted by Crippen LogP contribution is 2.28. The Morgan fingerprint density at radius 1 is 1.27 bits per heavy atom. The Balaban J connectivity index is 2.24. The number of likely N-dealkylation sites (N-methyl/N-ethyl adjacent to an activating group) is 1. The third kappa shape index (κ3) is 1.20. The number of likely N-dealkylation sites (tertiary alicyclic amines) is 1. The van der Waals surface area contributed by atoms with Crippen molar-refractivity contribution in [2.45, 2.75) is 25.7 Å². The van der Waals surface area contributed by atoms with Gasteiger partial charge in [0.2, 0.25) is 0 Å². The molecule has 1 nitrogen and oxygen atoms in total. The van der Waals surface area contributed by atoms with Crippen molar-refractivity contribution in [2.75, 3.05) is 13.6 Å². The molecule has 1 fully saturated rings. The second-order valence-corrected chi connectivity index (χ2v) is 3.42. The van der Waals surface area contributed by atoms with Gasteiger partial charge in [0.25, 0.3) is 0 Å². The minimum Gasteiger partial charge on any atom is -0.375 e. The first-order chi connectivity index (χ1) is 5.38. The van der Waals surface area contributed by atoms with Gasteiger partial charge in [-0.2, -0.15) is 0 Å². The van der Waals surface area contributed by atoms with Crippen LogP contribution in [0.15, 0.2) is 23.4 Å². The zero-order valence-electron chi connectivity index (χ0n) is 7.14. The molecule has 0 unspecified atom stereocenters. The van der Waals surface area contributed by atoms with Crippen LogP contribution in [0.2, 0.25) is 0 Å². The number of rotatable bonds is 0. The maximum Gasteiger partial charge on any atom is 0.0352 e. The number of fused-ring (bicyclic) bond motifs is 1. The van der Waals surface area contributed by atoms with Crippen molar-refractivity contribution in [3.8, 4) is 0 Å². The Labute approximate surface area is 68.4 Å². The van der Waals surface area contributed by atoms with Crippen molar-refractivity contribution in [2.24, 2.45) is 0 Å². The maximum atomic E-state index is 2.41. The lowest BCUT2D eigenvalue weighted by atomic mass is 9.95. The Morgan fingerprint density at radius 2 is 2.09 bits per heavy atom. The summed E-state index contributed by atoms with van der Waals surface area (Å²) in [5.41, 5.74) is 3.09. The number of hydrogen-bond donors (Lipinski definition) is 0. The van der Waals surface area contributed by atoms with Gasteiger partial charge in [0.1, 0.15) is 0 Å². The third-order valence-electron chi connectivity index (χ3n) is 2.57. The van der Waals surface area contributed by atoms with E-state index in [0.717, 1.165) is 0 Å². The van der Waals surface area contributed by atoms with Gasteiger partial charge in [-0.25, -0.2) is 0 Å². The Kier molecular flexibility index (Phi) is 1.72. The van der Waals surface area contributed by atoms with Crippen LogP contribution in [0.1, 0.15) is 25.7 Å². The minimum atomic E-state index is 1.24. The van der Waals surface area contributed by atoms with Crippen LogP contribution in [0, 0.1) is 0 Å². The van der Waals surface area contributed by atoms with Gasteiger partial charge < -0.3 is 4.90 Å². The molecule has 0 amide bonds. The van der Waals surface area contributed by atoms with Crippen molar-refractivity contribution in [1.82, 2.24) is 4.90 Å².